The van der Waals surface area contributed by atoms with Gasteiger partial charge in [-0.25, -0.2) is 33.7 Å². The molecule has 0 fully saturated rings. The van der Waals surface area contributed by atoms with Crippen LogP contribution < -0.4 is 216 Å². The van der Waals surface area contributed by atoms with Gasteiger partial charge in [0.1, 0.15) is 24.4 Å². The van der Waals surface area contributed by atoms with Crippen LogP contribution in [0, 0.1) is 0 Å². The molecule has 2 N–H and O–H groups in total. The smallest absolute Gasteiger partial charge is 0.725 e. The van der Waals surface area contributed by atoms with Crippen molar-refractivity contribution in [3.8, 4) is 0 Å². The number of rotatable bonds is 8. The summed E-state index contributed by atoms with van der Waals surface area (Å²) in [4.78, 5) is 0. The van der Waals surface area contributed by atoms with E-state index >= 15 is 0 Å². The fraction of sp³-hybridized carbons (Fsp3) is 0.143. The number of benzene rings is 4. The number of hydrogen-bond donors (Lipinski definition) is 2. The van der Waals surface area contributed by atoms with Crippen molar-refractivity contribution < 1.29 is 274 Å². The molecule has 3 aliphatic rings. The summed E-state index contributed by atoms with van der Waals surface area (Å²) in [6.45, 7) is 0. The van der Waals surface area contributed by atoms with E-state index in [4.69, 9.17) is 39.9 Å². The Morgan fingerprint density at radius 1 is 0.429 bits per heavy atom. The number of halogens is 2. The first kappa shape index (κ1) is 53.4. The van der Waals surface area contributed by atoms with Crippen LogP contribution in [0.5, 0.6) is 0 Å². The van der Waals surface area contributed by atoms with Crippen molar-refractivity contribution in [1.29, 1.82) is 0 Å². The zero-order valence-electron chi connectivity index (χ0n) is 29.0. The Balaban J connectivity index is 0.00000210. The Morgan fingerprint density at radius 2 is 0.679 bits per heavy atom. The fourth-order valence-electron chi connectivity index (χ4n) is 6.62. The minimum Gasteiger partial charge on any atom is -0.725 e. The summed E-state index contributed by atoms with van der Waals surface area (Å²) in [7, 11) is -22.0. The third-order valence-electron chi connectivity index (χ3n) is 8.27. The maximum atomic E-state index is 12.1. The van der Waals surface area contributed by atoms with Gasteiger partial charge in [-0.15, -0.1) is 0 Å². The quantitative estimate of drug-likeness (QED) is 0.0829. The van der Waals surface area contributed by atoms with Gasteiger partial charge in [-0.1, -0.05) is 71.7 Å². The van der Waals surface area contributed by atoms with Crippen molar-refractivity contribution in [3.63, 3.8) is 0 Å². The van der Waals surface area contributed by atoms with Crippen LogP contribution in [0.15, 0.2) is 60.7 Å². The van der Waals surface area contributed by atoms with Gasteiger partial charge in [0.25, 0.3) is 0 Å². The number of anilines is 4. The first-order chi connectivity index (χ1) is 24.1. The van der Waals surface area contributed by atoms with E-state index in [1.807, 2.05) is 0 Å². The molecule has 1 aliphatic heterocycles. The SMILES string of the molecule is O=S(=O)([O-])OC1c2ccccc2C(OS(=O)(=O)[O-])c2c1cc(Cl)c1c2Nc2c(Cl)cc3c(c2N1)C(OS(=O)(=O)[O-])c1ccccc1C3OS(=O)(=O)[O-].[K+].[K+].[K+].[K+]. The average Bonchev–Trinajstić information content (AvgIpc) is 3.01. The van der Waals surface area contributed by atoms with E-state index in [0.29, 0.717) is 0 Å². The van der Waals surface area contributed by atoms with Crippen LogP contribution in [0.1, 0.15) is 68.9 Å². The number of fused-ring (bicyclic) bond motifs is 8. The topological polar surface area (TPSA) is 290 Å². The Labute approximate surface area is 500 Å². The molecule has 0 saturated heterocycles. The zero-order chi connectivity index (χ0) is 37.7. The van der Waals surface area contributed by atoms with E-state index in [1.165, 1.54) is 48.5 Å². The molecule has 0 bridgehead atoms. The molecule has 4 aromatic rings. The zero-order valence-corrected chi connectivity index (χ0v) is 46.3. The third kappa shape index (κ3) is 11.5. The summed E-state index contributed by atoms with van der Waals surface area (Å²) < 4.78 is 163. The molecule has 4 aromatic carbocycles. The van der Waals surface area contributed by atoms with Gasteiger partial charge in [-0.3, -0.25) is 16.7 Å². The molecule has 7 rings (SSSR count). The normalized spacial score (nSPS) is 19.1. The Bertz CT molecular complexity index is 2500. The first-order valence-corrected chi connectivity index (χ1v) is 20.2. The molecule has 2 aliphatic carbocycles. The molecule has 276 valence electrons. The van der Waals surface area contributed by atoms with Gasteiger partial charge >= 0.3 is 206 Å². The predicted octanol–water partition coefficient (Wildman–Crippen LogP) is -8.30. The summed E-state index contributed by atoms with van der Waals surface area (Å²) in [6.07, 6.45) is -7.16. The number of hydrogen-bond acceptors (Lipinski definition) is 18. The molecule has 0 aromatic heterocycles. The molecule has 56 heavy (non-hydrogen) atoms. The van der Waals surface area contributed by atoms with Crippen LogP contribution in [-0.2, 0) is 58.3 Å². The minimum absolute atomic E-state index is 0. The average molecular weight is 992 g/mol. The molecule has 18 nitrogen and oxygen atoms in total. The van der Waals surface area contributed by atoms with Crippen molar-refractivity contribution >= 4 is 87.5 Å². The second-order valence-electron chi connectivity index (χ2n) is 11.3. The summed E-state index contributed by atoms with van der Waals surface area (Å²) >= 11 is 13.4. The summed E-state index contributed by atoms with van der Waals surface area (Å²) in [5.41, 5.74) is -2.22. The van der Waals surface area contributed by atoms with Gasteiger partial charge in [0.05, 0.1) is 32.8 Å². The molecule has 1 heterocycles. The first-order valence-electron chi connectivity index (χ1n) is 14.1. The van der Waals surface area contributed by atoms with Crippen molar-refractivity contribution in [2.24, 2.45) is 0 Å². The molecular weight excluding hydrogens is 976 g/mol. The van der Waals surface area contributed by atoms with Crippen molar-refractivity contribution in [1.82, 2.24) is 0 Å². The van der Waals surface area contributed by atoms with E-state index in [1.54, 1.807) is 0 Å². The van der Waals surface area contributed by atoms with E-state index in [2.05, 4.69) is 10.6 Å². The maximum absolute atomic E-state index is 12.1. The van der Waals surface area contributed by atoms with Crippen molar-refractivity contribution in [3.05, 3.63) is 115 Å². The Kier molecular flexibility index (Phi) is 19.2. The Hall–Kier alpha value is 3.09. The minimum atomic E-state index is -5.52. The number of nitrogens with one attached hydrogen (secondary N) is 2. The maximum Gasteiger partial charge on any atom is 1.00 e. The van der Waals surface area contributed by atoms with Crippen molar-refractivity contribution in [2.75, 3.05) is 10.6 Å². The van der Waals surface area contributed by atoms with E-state index in [-0.39, 0.29) is 283 Å². The van der Waals surface area contributed by atoms with Gasteiger partial charge in [0.15, 0.2) is 0 Å². The van der Waals surface area contributed by atoms with Crippen LogP contribution in [0.3, 0.4) is 0 Å². The van der Waals surface area contributed by atoms with Gasteiger partial charge < -0.3 is 28.8 Å². The van der Waals surface area contributed by atoms with Gasteiger partial charge in [-0.05, 0) is 45.5 Å². The fourth-order valence-corrected chi connectivity index (χ4v) is 8.90. The van der Waals surface area contributed by atoms with E-state index < -0.39 is 66.0 Å². The molecule has 4 atom stereocenters. The van der Waals surface area contributed by atoms with E-state index in [0.717, 1.165) is 12.1 Å². The van der Waals surface area contributed by atoms with Crippen LogP contribution in [0.2, 0.25) is 10.0 Å². The Morgan fingerprint density at radius 3 is 0.946 bits per heavy atom. The summed E-state index contributed by atoms with van der Waals surface area (Å²) in [6, 6.07) is 12.9. The second kappa shape index (κ2) is 20.1. The molecule has 4 unspecified atom stereocenters. The summed E-state index contributed by atoms with van der Waals surface area (Å²) in [5, 5.41) is 5.19. The van der Waals surface area contributed by atoms with Crippen LogP contribution in [0.25, 0.3) is 0 Å². The van der Waals surface area contributed by atoms with Gasteiger partial charge in [0.2, 0.25) is 41.6 Å². The molecule has 0 saturated carbocycles. The molecular formula is C28H16Cl2K4N2O16S4. The van der Waals surface area contributed by atoms with Gasteiger partial charge in [-0.2, -0.15) is 0 Å². The van der Waals surface area contributed by atoms with Crippen LogP contribution in [-0.4, -0.2) is 51.9 Å². The van der Waals surface area contributed by atoms with E-state index in [9.17, 15) is 51.9 Å². The molecule has 28 heteroatoms. The summed E-state index contributed by atoms with van der Waals surface area (Å²) in [5.74, 6) is 0. The largest absolute Gasteiger partial charge is 1.00 e. The van der Waals surface area contributed by atoms with Gasteiger partial charge in [0, 0.05) is 11.1 Å². The predicted molar refractivity (Wildman–Crippen MR) is 173 cm³/mol. The molecule has 0 radical (unpaired) electrons. The molecule has 0 amide bonds. The molecule has 0 spiro atoms. The third-order valence-corrected chi connectivity index (χ3v) is 10.6. The standard InChI is InChI=1S/C28H20Cl2N2O16S4.4K/c29-17-9-15-19(27(47-51(39,40)41)13-7-3-1-5-11(13)25(15)45-49(33,34)35)23-21(17)32-24-20-16(10-18(30)22(24)31-23)26(46-50(36,37)38)12-6-2-4-8-14(12)28(20)48-52(42,43)44;;;;/h1-10,25-28,31-32H,(H,33,34,35)(H,36,37,38)(H,39,40,41)(H,42,43,44);;;;/q;4*+1/p-4. The van der Waals surface area contributed by atoms with Crippen LogP contribution >= 0.6 is 23.2 Å². The second-order valence-corrected chi connectivity index (χ2v) is 16.1. The van der Waals surface area contributed by atoms with Crippen LogP contribution in [0.4, 0.5) is 22.7 Å². The monoisotopic (exact) mass is 990 g/mol. The van der Waals surface area contributed by atoms with Crippen molar-refractivity contribution in [2.45, 2.75) is 24.4 Å².